The summed E-state index contributed by atoms with van der Waals surface area (Å²) in [5.41, 5.74) is 0. The number of rotatable bonds is 2. The first-order valence-corrected chi connectivity index (χ1v) is 5.37. The molecular formula is C9H13NO2S. The van der Waals surface area contributed by atoms with Gasteiger partial charge in [0.2, 0.25) is 5.91 Å². The van der Waals surface area contributed by atoms with Gasteiger partial charge in [0.25, 0.3) is 5.24 Å². The number of carbonyl (C=O) groups excluding carboxylic acids is 2. The standard InChI is InChI=1S/C9H13NO2S/c1-9(2)7(11)10(8(12)13-9)5-6-3-4-6/h6H,3-5H2,1-2H3. The third-order valence-corrected chi connectivity index (χ3v) is 3.54. The minimum Gasteiger partial charge on any atom is -0.273 e. The van der Waals surface area contributed by atoms with E-state index in [-0.39, 0.29) is 11.1 Å². The molecule has 0 unspecified atom stereocenters. The second kappa shape index (κ2) is 2.74. The van der Waals surface area contributed by atoms with Crippen LogP contribution in [0.4, 0.5) is 4.79 Å². The summed E-state index contributed by atoms with van der Waals surface area (Å²) in [6.07, 6.45) is 2.34. The van der Waals surface area contributed by atoms with Gasteiger partial charge in [-0.2, -0.15) is 0 Å². The van der Waals surface area contributed by atoms with Gasteiger partial charge in [-0.1, -0.05) is 0 Å². The molecule has 0 spiro atoms. The van der Waals surface area contributed by atoms with Crippen LogP contribution in [-0.2, 0) is 4.79 Å². The van der Waals surface area contributed by atoms with Crippen molar-refractivity contribution in [2.24, 2.45) is 5.92 Å². The highest BCUT2D eigenvalue weighted by atomic mass is 32.2. The van der Waals surface area contributed by atoms with E-state index in [9.17, 15) is 9.59 Å². The van der Waals surface area contributed by atoms with E-state index in [0.29, 0.717) is 12.5 Å². The minimum absolute atomic E-state index is 0.0191. The Labute approximate surface area is 81.9 Å². The van der Waals surface area contributed by atoms with Gasteiger partial charge in [0.05, 0.1) is 4.75 Å². The van der Waals surface area contributed by atoms with E-state index in [4.69, 9.17) is 0 Å². The van der Waals surface area contributed by atoms with E-state index in [1.165, 1.54) is 17.7 Å². The van der Waals surface area contributed by atoms with Crippen molar-refractivity contribution in [1.82, 2.24) is 4.90 Å². The molecule has 13 heavy (non-hydrogen) atoms. The van der Waals surface area contributed by atoms with E-state index in [2.05, 4.69) is 0 Å². The summed E-state index contributed by atoms with van der Waals surface area (Å²) in [5.74, 6) is 0.566. The smallest absolute Gasteiger partial charge is 0.273 e. The number of carbonyl (C=O) groups is 2. The maximum absolute atomic E-state index is 11.7. The molecule has 4 heteroatoms. The van der Waals surface area contributed by atoms with Crippen molar-refractivity contribution < 1.29 is 9.59 Å². The van der Waals surface area contributed by atoms with Crippen molar-refractivity contribution in [2.75, 3.05) is 6.54 Å². The molecule has 1 saturated carbocycles. The Hall–Kier alpha value is -0.510. The van der Waals surface area contributed by atoms with Crippen molar-refractivity contribution in [3.8, 4) is 0 Å². The van der Waals surface area contributed by atoms with Crippen LogP contribution in [0.3, 0.4) is 0 Å². The van der Waals surface area contributed by atoms with Crippen LogP contribution < -0.4 is 0 Å². The number of nitrogens with zero attached hydrogens (tertiary/aromatic N) is 1. The summed E-state index contributed by atoms with van der Waals surface area (Å²) in [7, 11) is 0. The first-order valence-electron chi connectivity index (χ1n) is 4.55. The summed E-state index contributed by atoms with van der Waals surface area (Å²) in [5, 5.41) is -0.0677. The highest BCUT2D eigenvalue weighted by molar-refractivity contribution is 8.16. The molecule has 0 atom stereocenters. The third-order valence-electron chi connectivity index (χ3n) is 2.46. The highest BCUT2D eigenvalue weighted by Gasteiger charge is 2.47. The quantitative estimate of drug-likeness (QED) is 0.681. The number of thioether (sulfide) groups is 1. The Morgan fingerprint density at radius 2 is 2.08 bits per heavy atom. The zero-order valence-electron chi connectivity index (χ0n) is 7.87. The van der Waals surface area contributed by atoms with Gasteiger partial charge in [-0.25, -0.2) is 0 Å². The number of amides is 2. The second-order valence-corrected chi connectivity index (χ2v) is 5.81. The average Bonchev–Trinajstić information content (AvgIpc) is 2.77. The van der Waals surface area contributed by atoms with Gasteiger partial charge in [-0.05, 0) is 44.4 Å². The van der Waals surface area contributed by atoms with Gasteiger partial charge >= 0.3 is 0 Å². The monoisotopic (exact) mass is 199 g/mol. The summed E-state index contributed by atoms with van der Waals surface area (Å²) in [6.45, 7) is 4.27. The van der Waals surface area contributed by atoms with Crippen LogP contribution in [0.5, 0.6) is 0 Å². The van der Waals surface area contributed by atoms with Gasteiger partial charge < -0.3 is 0 Å². The molecule has 2 fully saturated rings. The number of imide groups is 1. The molecule has 0 aromatic heterocycles. The Bertz CT molecular complexity index is 271. The normalized spacial score (nSPS) is 27.1. The number of hydrogen-bond acceptors (Lipinski definition) is 3. The first kappa shape index (κ1) is 9.06. The van der Waals surface area contributed by atoms with Crippen LogP contribution in [0, 0.1) is 5.92 Å². The Morgan fingerprint density at radius 1 is 1.46 bits per heavy atom. The van der Waals surface area contributed by atoms with Crippen molar-refractivity contribution in [3.05, 3.63) is 0 Å². The van der Waals surface area contributed by atoms with E-state index >= 15 is 0 Å². The van der Waals surface area contributed by atoms with Crippen LogP contribution >= 0.6 is 11.8 Å². The average molecular weight is 199 g/mol. The van der Waals surface area contributed by atoms with Gasteiger partial charge in [0.15, 0.2) is 0 Å². The third kappa shape index (κ3) is 1.59. The molecule has 2 rings (SSSR count). The van der Waals surface area contributed by atoms with Gasteiger partial charge in [-0.15, -0.1) is 0 Å². The molecule has 1 aliphatic heterocycles. The lowest BCUT2D eigenvalue weighted by atomic mass is 10.2. The summed E-state index contributed by atoms with van der Waals surface area (Å²) >= 11 is 1.15. The van der Waals surface area contributed by atoms with Crippen molar-refractivity contribution in [1.29, 1.82) is 0 Å². The highest BCUT2D eigenvalue weighted by Crippen LogP contribution is 2.39. The fourth-order valence-electron chi connectivity index (χ4n) is 1.44. The van der Waals surface area contributed by atoms with E-state index in [1.54, 1.807) is 0 Å². The van der Waals surface area contributed by atoms with Crippen molar-refractivity contribution in [3.63, 3.8) is 0 Å². The molecule has 2 amide bonds. The van der Waals surface area contributed by atoms with Gasteiger partial charge in [-0.3, -0.25) is 14.5 Å². The summed E-state index contributed by atoms with van der Waals surface area (Å²) < 4.78 is -0.536. The maximum atomic E-state index is 11.7. The Morgan fingerprint density at radius 3 is 2.46 bits per heavy atom. The Kier molecular flexibility index (Phi) is 1.91. The second-order valence-electron chi connectivity index (χ2n) is 4.24. The molecule has 0 N–H and O–H groups in total. The molecule has 0 bridgehead atoms. The fourth-order valence-corrected chi connectivity index (χ4v) is 2.34. The van der Waals surface area contributed by atoms with E-state index in [0.717, 1.165) is 11.8 Å². The lowest BCUT2D eigenvalue weighted by Crippen LogP contribution is -2.36. The fraction of sp³-hybridized carbons (Fsp3) is 0.778. The van der Waals surface area contributed by atoms with Gasteiger partial charge in [0, 0.05) is 6.54 Å². The van der Waals surface area contributed by atoms with Crippen LogP contribution in [0.2, 0.25) is 0 Å². The summed E-state index contributed by atoms with van der Waals surface area (Å²) in [6, 6.07) is 0. The predicted molar refractivity (Wildman–Crippen MR) is 51.5 cm³/mol. The molecule has 1 heterocycles. The summed E-state index contributed by atoms with van der Waals surface area (Å²) in [4.78, 5) is 24.5. The lowest BCUT2D eigenvalue weighted by molar-refractivity contribution is -0.128. The largest absolute Gasteiger partial charge is 0.289 e. The Balaban J connectivity index is 2.09. The van der Waals surface area contributed by atoms with E-state index in [1.807, 2.05) is 13.8 Å². The van der Waals surface area contributed by atoms with E-state index < -0.39 is 4.75 Å². The molecule has 1 saturated heterocycles. The first-order chi connectivity index (χ1) is 6.00. The molecular weight excluding hydrogens is 186 g/mol. The molecule has 0 aromatic rings. The zero-order valence-corrected chi connectivity index (χ0v) is 8.69. The minimum atomic E-state index is -0.536. The molecule has 72 valence electrons. The van der Waals surface area contributed by atoms with Crippen molar-refractivity contribution >= 4 is 22.9 Å². The molecule has 1 aliphatic carbocycles. The molecule has 0 aromatic carbocycles. The maximum Gasteiger partial charge on any atom is 0.289 e. The molecule has 0 radical (unpaired) electrons. The molecule has 2 aliphatic rings. The number of hydrogen-bond donors (Lipinski definition) is 0. The van der Waals surface area contributed by atoms with Gasteiger partial charge in [0.1, 0.15) is 0 Å². The SMILES string of the molecule is CC1(C)SC(=O)N(CC2CC2)C1=O. The van der Waals surface area contributed by atoms with Crippen LogP contribution in [0.1, 0.15) is 26.7 Å². The molecule has 3 nitrogen and oxygen atoms in total. The van der Waals surface area contributed by atoms with Crippen LogP contribution in [0.25, 0.3) is 0 Å². The van der Waals surface area contributed by atoms with Crippen LogP contribution in [0.15, 0.2) is 0 Å². The zero-order chi connectivity index (χ0) is 9.64. The predicted octanol–water partition coefficient (Wildman–Crippen LogP) is 1.87. The van der Waals surface area contributed by atoms with Crippen molar-refractivity contribution in [2.45, 2.75) is 31.4 Å². The van der Waals surface area contributed by atoms with Crippen LogP contribution in [-0.4, -0.2) is 27.3 Å². The topological polar surface area (TPSA) is 37.4 Å². The lowest BCUT2D eigenvalue weighted by Gasteiger charge is -2.15.